The van der Waals surface area contributed by atoms with Gasteiger partial charge in [-0.25, -0.2) is 9.97 Å². The number of amides is 1. The van der Waals surface area contributed by atoms with Gasteiger partial charge in [0.25, 0.3) is 5.91 Å². The normalized spacial score (nSPS) is 15.8. The van der Waals surface area contributed by atoms with Crippen molar-refractivity contribution in [1.82, 2.24) is 25.1 Å². The van der Waals surface area contributed by atoms with E-state index in [4.69, 9.17) is 0 Å². The smallest absolute Gasteiger partial charge is 0.274 e. The van der Waals surface area contributed by atoms with Gasteiger partial charge in [-0.1, -0.05) is 0 Å². The van der Waals surface area contributed by atoms with Crippen molar-refractivity contribution in [1.29, 1.82) is 0 Å². The molecule has 1 amide bonds. The number of nitrogens with one attached hydrogen (secondary N) is 2. The molecule has 0 atom stereocenters. The lowest BCUT2D eigenvalue weighted by Crippen LogP contribution is -2.42. The highest BCUT2D eigenvalue weighted by Crippen LogP contribution is 2.17. The van der Waals surface area contributed by atoms with Crippen LogP contribution in [-0.4, -0.2) is 50.1 Å². The largest absolute Gasteiger partial charge is 0.367 e. The van der Waals surface area contributed by atoms with Gasteiger partial charge >= 0.3 is 0 Å². The lowest BCUT2D eigenvalue weighted by Gasteiger charge is -2.32. The molecule has 3 heterocycles. The molecule has 116 valence electrons. The van der Waals surface area contributed by atoms with Crippen LogP contribution in [0.3, 0.4) is 0 Å². The number of carbonyl (C=O) groups excluding carboxylic acids is 1. The second-order valence-electron chi connectivity index (χ2n) is 5.69. The number of hydrogen-bond acceptors (Lipinski definition) is 5. The van der Waals surface area contributed by atoms with Gasteiger partial charge in [-0.3, -0.25) is 9.89 Å². The number of anilines is 1. The highest BCUT2D eigenvalue weighted by Gasteiger charge is 2.25. The van der Waals surface area contributed by atoms with Crippen molar-refractivity contribution in [2.75, 3.05) is 18.4 Å². The van der Waals surface area contributed by atoms with Gasteiger partial charge in [-0.2, -0.15) is 5.10 Å². The van der Waals surface area contributed by atoms with E-state index in [0.29, 0.717) is 11.7 Å². The van der Waals surface area contributed by atoms with Crippen LogP contribution >= 0.6 is 0 Å². The number of aromatic amines is 1. The molecule has 7 nitrogen and oxygen atoms in total. The Hall–Kier alpha value is -2.44. The quantitative estimate of drug-likeness (QED) is 0.897. The lowest BCUT2D eigenvalue weighted by atomic mass is 10.0. The van der Waals surface area contributed by atoms with Crippen molar-refractivity contribution >= 4 is 11.7 Å². The van der Waals surface area contributed by atoms with Crippen LogP contribution in [0.25, 0.3) is 0 Å². The first-order valence-corrected chi connectivity index (χ1v) is 7.48. The third kappa shape index (κ3) is 3.24. The number of likely N-dealkylation sites (tertiary alicyclic amines) is 1. The Morgan fingerprint density at radius 2 is 2.05 bits per heavy atom. The standard InChI is InChI=1S/C15H20N6O/c1-10-8-14(17-9-16-10)18-12-3-5-21(6-4-12)15(22)13-7-11(2)19-20-13/h7-9,12H,3-6H2,1-2H3,(H,19,20)(H,16,17,18). The molecule has 2 aromatic rings. The van der Waals surface area contributed by atoms with Crippen molar-refractivity contribution in [2.24, 2.45) is 0 Å². The summed E-state index contributed by atoms with van der Waals surface area (Å²) in [5, 5.41) is 10.3. The van der Waals surface area contributed by atoms with E-state index >= 15 is 0 Å². The molecule has 1 fully saturated rings. The van der Waals surface area contributed by atoms with Gasteiger partial charge < -0.3 is 10.2 Å². The van der Waals surface area contributed by atoms with E-state index < -0.39 is 0 Å². The maximum Gasteiger partial charge on any atom is 0.274 e. The zero-order chi connectivity index (χ0) is 15.5. The fraction of sp³-hybridized carbons (Fsp3) is 0.467. The van der Waals surface area contributed by atoms with E-state index in [2.05, 4.69) is 25.5 Å². The minimum atomic E-state index is 0.000630. The second kappa shape index (κ2) is 6.13. The molecule has 2 N–H and O–H groups in total. The summed E-state index contributed by atoms with van der Waals surface area (Å²) in [5.41, 5.74) is 2.34. The Kier molecular flexibility index (Phi) is 4.04. The molecule has 7 heteroatoms. The Morgan fingerprint density at radius 1 is 1.27 bits per heavy atom. The molecule has 3 rings (SSSR count). The van der Waals surface area contributed by atoms with Crippen LogP contribution in [0.1, 0.15) is 34.7 Å². The van der Waals surface area contributed by atoms with Crippen LogP contribution in [-0.2, 0) is 0 Å². The number of rotatable bonds is 3. The average molecular weight is 300 g/mol. The summed E-state index contributed by atoms with van der Waals surface area (Å²) in [6, 6.07) is 4.06. The van der Waals surface area contributed by atoms with Crippen LogP contribution in [0.4, 0.5) is 5.82 Å². The van der Waals surface area contributed by atoms with Crippen molar-refractivity contribution in [3.05, 3.63) is 35.5 Å². The molecular weight excluding hydrogens is 280 g/mol. The zero-order valence-corrected chi connectivity index (χ0v) is 12.8. The maximum atomic E-state index is 12.3. The third-order valence-corrected chi connectivity index (χ3v) is 3.86. The Morgan fingerprint density at radius 3 is 2.68 bits per heavy atom. The third-order valence-electron chi connectivity index (χ3n) is 3.86. The van der Waals surface area contributed by atoms with E-state index in [0.717, 1.165) is 43.1 Å². The van der Waals surface area contributed by atoms with Gasteiger partial charge in [0.05, 0.1) is 0 Å². The summed E-state index contributed by atoms with van der Waals surface area (Å²) >= 11 is 0. The van der Waals surface area contributed by atoms with Crippen LogP contribution in [0.2, 0.25) is 0 Å². The average Bonchev–Trinajstić information content (AvgIpc) is 2.94. The van der Waals surface area contributed by atoms with Gasteiger partial charge in [-0.05, 0) is 32.8 Å². The summed E-state index contributed by atoms with van der Waals surface area (Å²) in [6.45, 7) is 5.29. The molecule has 1 aliphatic rings. The SMILES string of the molecule is Cc1cc(NC2CCN(C(=O)c3cc(C)[nH]n3)CC2)ncn1. The van der Waals surface area contributed by atoms with Crippen molar-refractivity contribution in [2.45, 2.75) is 32.7 Å². The number of nitrogens with zero attached hydrogens (tertiary/aromatic N) is 4. The number of piperidine rings is 1. The van der Waals surface area contributed by atoms with Crippen molar-refractivity contribution < 1.29 is 4.79 Å². The minimum absolute atomic E-state index is 0.000630. The number of H-pyrrole nitrogens is 1. The monoisotopic (exact) mass is 300 g/mol. The van der Waals surface area contributed by atoms with Crippen molar-refractivity contribution in [3.8, 4) is 0 Å². The molecule has 1 saturated heterocycles. The van der Waals surface area contributed by atoms with E-state index in [9.17, 15) is 4.79 Å². The summed E-state index contributed by atoms with van der Waals surface area (Å²) in [6.07, 6.45) is 3.37. The van der Waals surface area contributed by atoms with Crippen LogP contribution in [0, 0.1) is 13.8 Å². The summed E-state index contributed by atoms with van der Waals surface area (Å²) in [7, 11) is 0. The first-order valence-electron chi connectivity index (χ1n) is 7.48. The molecule has 2 aromatic heterocycles. The zero-order valence-electron chi connectivity index (χ0n) is 12.8. The Labute approximate surface area is 129 Å². The number of aromatic nitrogens is 4. The van der Waals surface area contributed by atoms with Crippen LogP contribution in [0.15, 0.2) is 18.5 Å². The highest BCUT2D eigenvalue weighted by molar-refractivity contribution is 5.92. The van der Waals surface area contributed by atoms with Gasteiger partial charge in [0.1, 0.15) is 17.8 Å². The molecule has 1 aliphatic heterocycles. The molecule has 0 radical (unpaired) electrons. The first-order chi connectivity index (χ1) is 10.6. The topological polar surface area (TPSA) is 86.8 Å². The van der Waals surface area contributed by atoms with E-state index in [-0.39, 0.29) is 5.91 Å². The maximum absolute atomic E-state index is 12.3. The van der Waals surface area contributed by atoms with E-state index in [1.807, 2.05) is 24.8 Å². The Balaban J connectivity index is 1.55. The fourth-order valence-electron chi connectivity index (χ4n) is 2.66. The van der Waals surface area contributed by atoms with E-state index in [1.165, 1.54) is 0 Å². The Bertz CT molecular complexity index is 660. The summed E-state index contributed by atoms with van der Waals surface area (Å²) < 4.78 is 0. The fourth-order valence-corrected chi connectivity index (χ4v) is 2.66. The molecule has 22 heavy (non-hydrogen) atoms. The van der Waals surface area contributed by atoms with Crippen LogP contribution in [0.5, 0.6) is 0 Å². The van der Waals surface area contributed by atoms with Gasteiger partial charge in [-0.15, -0.1) is 0 Å². The highest BCUT2D eigenvalue weighted by atomic mass is 16.2. The summed E-state index contributed by atoms with van der Waals surface area (Å²) in [4.78, 5) is 22.5. The molecule has 0 spiro atoms. The molecular formula is C15H20N6O. The number of hydrogen-bond donors (Lipinski definition) is 2. The predicted octanol–water partition coefficient (Wildman–Crippen LogP) is 1.53. The van der Waals surface area contributed by atoms with Gasteiger partial charge in [0.2, 0.25) is 0 Å². The minimum Gasteiger partial charge on any atom is -0.367 e. The van der Waals surface area contributed by atoms with Crippen LogP contribution < -0.4 is 5.32 Å². The molecule has 0 aromatic carbocycles. The summed E-state index contributed by atoms with van der Waals surface area (Å²) in [5.74, 6) is 0.848. The number of aryl methyl sites for hydroxylation is 2. The van der Waals surface area contributed by atoms with Crippen molar-refractivity contribution in [3.63, 3.8) is 0 Å². The lowest BCUT2D eigenvalue weighted by molar-refractivity contribution is 0.0712. The number of carbonyl (C=O) groups is 1. The van der Waals surface area contributed by atoms with Gasteiger partial charge in [0.15, 0.2) is 0 Å². The first kappa shape index (κ1) is 14.5. The molecule has 0 bridgehead atoms. The van der Waals surface area contributed by atoms with E-state index in [1.54, 1.807) is 12.4 Å². The van der Waals surface area contributed by atoms with Gasteiger partial charge in [0, 0.05) is 36.6 Å². The predicted molar refractivity (Wildman–Crippen MR) is 82.6 cm³/mol. The molecule has 0 saturated carbocycles. The second-order valence-corrected chi connectivity index (χ2v) is 5.69. The molecule has 0 aliphatic carbocycles. The molecule has 0 unspecified atom stereocenters.